The van der Waals surface area contributed by atoms with Gasteiger partial charge in [0.15, 0.2) is 5.78 Å². The van der Waals surface area contributed by atoms with Gasteiger partial charge in [-0.3, -0.25) is 9.59 Å². The van der Waals surface area contributed by atoms with Gasteiger partial charge in [0.05, 0.1) is 19.3 Å². The number of rotatable bonds is 7. The van der Waals surface area contributed by atoms with Crippen LogP contribution in [0.2, 0.25) is 0 Å². The second-order valence-electron chi connectivity index (χ2n) is 8.52. The molecule has 1 heterocycles. The summed E-state index contributed by atoms with van der Waals surface area (Å²) in [5, 5.41) is 3.27. The Hall–Kier alpha value is -3.09. The van der Waals surface area contributed by atoms with E-state index in [4.69, 9.17) is 9.47 Å². The molecule has 0 bridgehead atoms. The van der Waals surface area contributed by atoms with Crippen molar-refractivity contribution in [3.8, 4) is 0 Å². The van der Waals surface area contributed by atoms with Gasteiger partial charge in [-0.15, -0.1) is 0 Å². The quantitative estimate of drug-likeness (QED) is 0.497. The van der Waals surface area contributed by atoms with Crippen molar-refractivity contribution in [3.63, 3.8) is 0 Å². The minimum Gasteiger partial charge on any atom is -0.468 e. The van der Waals surface area contributed by atoms with Gasteiger partial charge < -0.3 is 19.7 Å². The van der Waals surface area contributed by atoms with E-state index in [-0.39, 0.29) is 18.3 Å². The highest BCUT2D eigenvalue weighted by atomic mass is 16.5. The maximum absolute atomic E-state index is 13.7. The molecule has 0 amide bonds. The Bertz CT molecular complexity index is 988. The van der Waals surface area contributed by atoms with Crippen molar-refractivity contribution in [2.75, 3.05) is 31.7 Å². The smallest absolute Gasteiger partial charge is 0.336 e. The molecule has 0 unspecified atom stereocenters. The second-order valence-corrected chi connectivity index (χ2v) is 8.52. The molecule has 2 aliphatic rings. The standard InChI is InChI=1S/C26H34N2O5/c1-7-28(8-2)18-12-10-17(11-13-18)22-21(26(31)33-9-3)16(5)27-19-14-15(4)20(25(30)32-6)24(29)23(19)22/h10-13,15,20,22,27H,7-9,14H2,1-6H3/t15-,20-,22-/m0/s1. The molecule has 7 nitrogen and oxygen atoms in total. The van der Waals surface area contributed by atoms with E-state index in [9.17, 15) is 14.4 Å². The first-order chi connectivity index (χ1) is 15.8. The summed E-state index contributed by atoms with van der Waals surface area (Å²) < 4.78 is 10.3. The number of ketones is 1. The number of hydrogen-bond donors (Lipinski definition) is 1. The number of ether oxygens (including phenoxy) is 2. The maximum atomic E-state index is 13.7. The van der Waals surface area contributed by atoms with Crippen LogP contribution in [-0.2, 0) is 23.9 Å². The molecule has 0 radical (unpaired) electrons. The van der Waals surface area contributed by atoms with E-state index in [0.717, 1.165) is 30.0 Å². The topological polar surface area (TPSA) is 84.9 Å². The predicted molar refractivity (Wildman–Crippen MR) is 127 cm³/mol. The Kier molecular flexibility index (Phi) is 7.61. The fourth-order valence-electron chi connectivity index (χ4n) is 4.96. The number of carbonyl (C=O) groups is 3. The molecule has 0 saturated heterocycles. The molecule has 1 aromatic carbocycles. The Balaban J connectivity index is 2.15. The summed E-state index contributed by atoms with van der Waals surface area (Å²) in [6.07, 6.45) is 0.516. The number of methoxy groups -OCH3 is 1. The monoisotopic (exact) mass is 454 g/mol. The number of benzene rings is 1. The van der Waals surface area contributed by atoms with Crippen molar-refractivity contribution in [2.45, 2.75) is 47.0 Å². The van der Waals surface area contributed by atoms with Crippen molar-refractivity contribution in [1.29, 1.82) is 0 Å². The molecule has 3 atom stereocenters. The van der Waals surface area contributed by atoms with Gasteiger partial charge in [0.1, 0.15) is 5.92 Å². The van der Waals surface area contributed by atoms with E-state index in [2.05, 4.69) is 24.1 Å². The average Bonchev–Trinajstić information content (AvgIpc) is 2.79. The van der Waals surface area contributed by atoms with Crippen molar-refractivity contribution >= 4 is 23.4 Å². The van der Waals surface area contributed by atoms with Crippen LogP contribution in [0.15, 0.2) is 46.8 Å². The summed E-state index contributed by atoms with van der Waals surface area (Å²) in [6.45, 7) is 11.6. The molecule has 0 saturated carbocycles. The number of anilines is 1. The number of allylic oxidation sites excluding steroid dienone is 3. The fourth-order valence-corrected chi connectivity index (χ4v) is 4.96. The van der Waals surface area contributed by atoms with Gasteiger partial charge in [0.25, 0.3) is 0 Å². The van der Waals surface area contributed by atoms with Crippen LogP contribution in [-0.4, -0.2) is 44.5 Å². The third kappa shape index (κ3) is 4.54. The summed E-state index contributed by atoms with van der Waals surface area (Å²) >= 11 is 0. The molecule has 1 N–H and O–H groups in total. The van der Waals surface area contributed by atoms with E-state index in [1.54, 1.807) is 6.92 Å². The zero-order valence-electron chi connectivity index (χ0n) is 20.4. The summed E-state index contributed by atoms with van der Waals surface area (Å²) in [6, 6.07) is 7.94. The van der Waals surface area contributed by atoms with Gasteiger partial charge in [-0.25, -0.2) is 4.79 Å². The number of nitrogens with zero attached hydrogens (tertiary/aromatic N) is 1. The molecule has 1 aliphatic carbocycles. The minimum atomic E-state index is -0.894. The highest BCUT2D eigenvalue weighted by molar-refractivity contribution is 6.12. The van der Waals surface area contributed by atoms with Crippen molar-refractivity contribution in [1.82, 2.24) is 5.32 Å². The third-order valence-corrected chi connectivity index (χ3v) is 6.59. The van der Waals surface area contributed by atoms with E-state index in [1.807, 2.05) is 38.1 Å². The largest absolute Gasteiger partial charge is 0.468 e. The zero-order chi connectivity index (χ0) is 24.3. The summed E-state index contributed by atoms with van der Waals surface area (Å²) in [7, 11) is 1.29. The Labute approximate surface area is 195 Å². The summed E-state index contributed by atoms with van der Waals surface area (Å²) in [5.74, 6) is -3.02. The maximum Gasteiger partial charge on any atom is 0.336 e. The fraction of sp³-hybridized carbons (Fsp3) is 0.500. The Morgan fingerprint density at radius 3 is 2.30 bits per heavy atom. The molecule has 33 heavy (non-hydrogen) atoms. The van der Waals surface area contributed by atoms with Gasteiger partial charge >= 0.3 is 11.9 Å². The highest BCUT2D eigenvalue weighted by Crippen LogP contribution is 2.45. The van der Waals surface area contributed by atoms with Crippen LogP contribution in [0.5, 0.6) is 0 Å². The predicted octanol–water partition coefficient (Wildman–Crippen LogP) is 3.71. The van der Waals surface area contributed by atoms with Gasteiger partial charge in [-0.05, 0) is 57.7 Å². The van der Waals surface area contributed by atoms with Crippen LogP contribution in [0.1, 0.15) is 52.5 Å². The van der Waals surface area contributed by atoms with Gasteiger partial charge in [0, 0.05) is 41.7 Å². The average molecular weight is 455 g/mol. The Morgan fingerprint density at radius 1 is 1.12 bits per heavy atom. The molecule has 0 fully saturated rings. The number of hydrogen-bond acceptors (Lipinski definition) is 7. The van der Waals surface area contributed by atoms with E-state index >= 15 is 0 Å². The third-order valence-electron chi connectivity index (χ3n) is 6.59. The van der Waals surface area contributed by atoms with Crippen molar-refractivity contribution in [3.05, 3.63) is 52.4 Å². The first-order valence-electron chi connectivity index (χ1n) is 11.6. The van der Waals surface area contributed by atoms with Crippen LogP contribution in [0, 0.1) is 11.8 Å². The van der Waals surface area contributed by atoms with Crippen LogP contribution in [0.25, 0.3) is 0 Å². The van der Waals surface area contributed by atoms with Crippen LogP contribution in [0.4, 0.5) is 5.69 Å². The first kappa shape index (κ1) is 24.6. The van der Waals surface area contributed by atoms with Gasteiger partial charge in [0.2, 0.25) is 0 Å². The Morgan fingerprint density at radius 2 is 1.76 bits per heavy atom. The molecule has 3 rings (SSSR count). The lowest BCUT2D eigenvalue weighted by atomic mass is 9.69. The van der Waals surface area contributed by atoms with Crippen molar-refractivity contribution < 1.29 is 23.9 Å². The normalized spacial score (nSPS) is 22.5. The molecule has 178 valence electrons. The van der Waals surface area contributed by atoms with Crippen LogP contribution in [0.3, 0.4) is 0 Å². The van der Waals surface area contributed by atoms with Crippen LogP contribution < -0.4 is 10.2 Å². The number of carbonyl (C=O) groups excluding carboxylic acids is 3. The van der Waals surface area contributed by atoms with Crippen molar-refractivity contribution in [2.24, 2.45) is 11.8 Å². The summed E-state index contributed by atoms with van der Waals surface area (Å²) in [5.41, 5.74) is 4.16. The van der Waals surface area contributed by atoms with Crippen LogP contribution >= 0.6 is 0 Å². The molecule has 7 heteroatoms. The molecule has 1 aromatic rings. The number of Topliss-reactive ketones (excluding diaryl/α,β-unsaturated/α-hetero) is 1. The lowest BCUT2D eigenvalue weighted by molar-refractivity contribution is -0.151. The SMILES string of the molecule is CCOC(=O)C1=C(C)NC2=C(C(=O)[C@@H](C(=O)OC)[C@@H](C)C2)[C@H]1c1ccc(N(CC)CC)cc1. The first-order valence-corrected chi connectivity index (χ1v) is 11.6. The van der Waals surface area contributed by atoms with E-state index in [0.29, 0.717) is 23.3 Å². The lowest BCUT2D eigenvalue weighted by Gasteiger charge is -2.38. The van der Waals surface area contributed by atoms with Gasteiger partial charge in [-0.1, -0.05) is 19.1 Å². The lowest BCUT2D eigenvalue weighted by Crippen LogP contribution is -2.43. The van der Waals surface area contributed by atoms with Gasteiger partial charge in [-0.2, -0.15) is 0 Å². The van der Waals surface area contributed by atoms with E-state index < -0.39 is 23.8 Å². The second kappa shape index (κ2) is 10.2. The zero-order valence-corrected chi connectivity index (χ0v) is 20.4. The summed E-state index contributed by atoms with van der Waals surface area (Å²) in [4.78, 5) is 41.4. The molecule has 0 aromatic heterocycles. The molecule has 0 spiro atoms. The molecular formula is C26H34N2O5. The highest BCUT2D eigenvalue weighted by Gasteiger charge is 2.47. The minimum absolute atomic E-state index is 0.209. The van der Waals surface area contributed by atoms with E-state index in [1.165, 1.54) is 7.11 Å². The molecular weight excluding hydrogens is 420 g/mol. The number of dihydropyridines is 1. The number of nitrogens with one attached hydrogen (secondary N) is 1. The molecule has 1 aliphatic heterocycles. The number of esters is 2.